The lowest BCUT2D eigenvalue weighted by Gasteiger charge is -2.21. The summed E-state index contributed by atoms with van der Waals surface area (Å²) in [6, 6.07) is 8.63. The standard InChI is InChI=1S/C21H29ClN4O3/c1-6-11-26(20(28)14-29-16-9-7-15(22)8-10-16)13-19(27)23-18-12-17(21(2,3)4)24-25(18)5/h7-10,12H,6,11,13-14H2,1-5H3,(H,23,27). The number of rotatable bonds is 8. The molecule has 2 aromatic rings. The van der Waals surface area contributed by atoms with Crippen LogP contribution in [0.4, 0.5) is 5.82 Å². The molecule has 0 bridgehead atoms. The normalized spacial score (nSPS) is 11.2. The van der Waals surface area contributed by atoms with Gasteiger partial charge in [0.1, 0.15) is 18.1 Å². The summed E-state index contributed by atoms with van der Waals surface area (Å²) >= 11 is 5.85. The first-order valence-electron chi connectivity index (χ1n) is 9.60. The molecule has 2 rings (SSSR count). The van der Waals surface area contributed by atoms with Crippen molar-refractivity contribution in [3.8, 4) is 5.75 Å². The van der Waals surface area contributed by atoms with Crippen molar-refractivity contribution in [2.24, 2.45) is 7.05 Å². The molecule has 0 fully saturated rings. The molecular weight excluding hydrogens is 392 g/mol. The van der Waals surface area contributed by atoms with E-state index in [2.05, 4.69) is 31.2 Å². The lowest BCUT2D eigenvalue weighted by molar-refractivity contribution is -0.136. The minimum atomic E-state index is -0.276. The molecule has 0 aliphatic rings. The maximum absolute atomic E-state index is 12.5. The molecule has 2 amide bonds. The maximum Gasteiger partial charge on any atom is 0.260 e. The number of nitrogens with one attached hydrogen (secondary N) is 1. The Bertz CT molecular complexity index is 841. The molecule has 0 unspecified atom stereocenters. The molecule has 1 N–H and O–H groups in total. The van der Waals surface area contributed by atoms with Crippen molar-refractivity contribution in [3.63, 3.8) is 0 Å². The van der Waals surface area contributed by atoms with Gasteiger partial charge in [-0.25, -0.2) is 0 Å². The largest absolute Gasteiger partial charge is 0.484 e. The molecule has 0 spiro atoms. The maximum atomic E-state index is 12.5. The fourth-order valence-electron chi connectivity index (χ4n) is 2.64. The van der Waals surface area contributed by atoms with Gasteiger partial charge in [0, 0.05) is 30.1 Å². The highest BCUT2D eigenvalue weighted by molar-refractivity contribution is 6.30. The first-order valence-corrected chi connectivity index (χ1v) is 9.98. The highest BCUT2D eigenvalue weighted by Gasteiger charge is 2.21. The first-order chi connectivity index (χ1) is 13.6. The summed E-state index contributed by atoms with van der Waals surface area (Å²) in [7, 11) is 1.78. The second kappa shape index (κ2) is 9.78. The number of aromatic nitrogens is 2. The Labute approximate surface area is 177 Å². The summed E-state index contributed by atoms with van der Waals surface area (Å²) in [5.74, 6) is 0.619. The second-order valence-corrected chi connectivity index (χ2v) is 8.33. The number of anilines is 1. The van der Waals surface area contributed by atoms with Gasteiger partial charge in [0.15, 0.2) is 6.61 Å². The molecular formula is C21H29ClN4O3. The number of benzene rings is 1. The number of carbonyl (C=O) groups is 2. The number of amides is 2. The lowest BCUT2D eigenvalue weighted by Crippen LogP contribution is -2.41. The minimum absolute atomic E-state index is 0.0489. The molecule has 0 radical (unpaired) electrons. The zero-order valence-electron chi connectivity index (χ0n) is 17.7. The fourth-order valence-corrected chi connectivity index (χ4v) is 2.76. The van der Waals surface area contributed by atoms with Crippen molar-refractivity contribution in [2.75, 3.05) is 25.0 Å². The van der Waals surface area contributed by atoms with Crippen molar-refractivity contribution in [1.29, 1.82) is 0 Å². The van der Waals surface area contributed by atoms with Gasteiger partial charge in [-0.05, 0) is 30.7 Å². The molecule has 8 heteroatoms. The summed E-state index contributed by atoms with van der Waals surface area (Å²) in [5, 5.41) is 7.88. The molecule has 7 nitrogen and oxygen atoms in total. The van der Waals surface area contributed by atoms with E-state index in [0.29, 0.717) is 23.1 Å². The zero-order chi connectivity index (χ0) is 21.6. The van der Waals surface area contributed by atoms with Crippen molar-refractivity contribution in [2.45, 2.75) is 39.5 Å². The van der Waals surface area contributed by atoms with Crippen LogP contribution in [0.2, 0.25) is 5.02 Å². The highest BCUT2D eigenvalue weighted by atomic mass is 35.5. The third-order valence-corrected chi connectivity index (χ3v) is 4.52. The molecule has 158 valence electrons. The number of ether oxygens (including phenoxy) is 1. The van der Waals surface area contributed by atoms with Gasteiger partial charge in [-0.3, -0.25) is 14.3 Å². The van der Waals surface area contributed by atoms with Crippen LogP contribution in [-0.4, -0.2) is 46.2 Å². The van der Waals surface area contributed by atoms with Crippen molar-refractivity contribution in [1.82, 2.24) is 14.7 Å². The average molecular weight is 421 g/mol. The van der Waals surface area contributed by atoms with Crippen LogP contribution in [-0.2, 0) is 22.1 Å². The van der Waals surface area contributed by atoms with E-state index >= 15 is 0 Å². The Morgan fingerprint density at radius 1 is 1.24 bits per heavy atom. The van der Waals surface area contributed by atoms with Crippen LogP contribution in [0.1, 0.15) is 39.8 Å². The van der Waals surface area contributed by atoms with Crippen LogP contribution in [0.25, 0.3) is 0 Å². The van der Waals surface area contributed by atoms with E-state index in [1.54, 1.807) is 36.0 Å². The number of carbonyl (C=O) groups excluding carboxylic acids is 2. The van der Waals surface area contributed by atoms with E-state index in [9.17, 15) is 9.59 Å². The number of aryl methyl sites for hydroxylation is 1. The summed E-state index contributed by atoms with van der Waals surface area (Å²) < 4.78 is 7.15. The van der Waals surface area contributed by atoms with Gasteiger partial charge >= 0.3 is 0 Å². The molecule has 29 heavy (non-hydrogen) atoms. The van der Waals surface area contributed by atoms with E-state index in [1.165, 1.54) is 4.90 Å². The molecule has 1 aromatic carbocycles. The van der Waals surface area contributed by atoms with E-state index in [4.69, 9.17) is 16.3 Å². The topological polar surface area (TPSA) is 76.5 Å². The van der Waals surface area contributed by atoms with Crippen molar-refractivity contribution >= 4 is 29.2 Å². The van der Waals surface area contributed by atoms with E-state index in [0.717, 1.165) is 12.1 Å². The summed E-state index contributed by atoms with van der Waals surface area (Å²) in [5.41, 5.74) is 0.761. The first kappa shape index (κ1) is 22.7. The van der Waals surface area contributed by atoms with Crippen LogP contribution < -0.4 is 10.1 Å². The molecule has 0 aliphatic heterocycles. The number of hydrogen-bond donors (Lipinski definition) is 1. The smallest absolute Gasteiger partial charge is 0.260 e. The van der Waals surface area contributed by atoms with Gasteiger partial charge in [0.05, 0.1) is 5.69 Å². The van der Waals surface area contributed by atoms with Crippen LogP contribution in [0.15, 0.2) is 30.3 Å². The number of halogens is 1. The molecule has 0 saturated carbocycles. The van der Waals surface area contributed by atoms with E-state index in [1.807, 2.05) is 13.0 Å². The van der Waals surface area contributed by atoms with Gasteiger partial charge in [0.25, 0.3) is 5.91 Å². The predicted octanol–water partition coefficient (Wildman–Crippen LogP) is 3.63. The van der Waals surface area contributed by atoms with E-state index < -0.39 is 0 Å². The quantitative estimate of drug-likeness (QED) is 0.707. The zero-order valence-corrected chi connectivity index (χ0v) is 18.4. The summed E-state index contributed by atoms with van der Waals surface area (Å²) in [6.07, 6.45) is 0.736. The Hall–Kier alpha value is -2.54. The van der Waals surface area contributed by atoms with Crippen molar-refractivity contribution < 1.29 is 14.3 Å². The predicted molar refractivity (Wildman–Crippen MR) is 114 cm³/mol. The molecule has 1 aromatic heterocycles. The SMILES string of the molecule is CCCN(CC(=O)Nc1cc(C(C)(C)C)nn1C)C(=O)COc1ccc(Cl)cc1. The van der Waals surface area contributed by atoms with Crippen LogP contribution >= 0.6 is 11.6 Å². The Kier molecular flexibility index (Phi) is 7.67. The Morgan fingerprint density at radius 3 is 2.45 bits per heavy atom. The third-order valence-electron chi connectivity index (χ3n) is 4.27. The average Bonchev–Trinajstić information content (AvgIpc) is 3.01. The van der Waals surface area contributed by atoms with Crippen LogP contribution in [0.5, 0.6) is 5.75 Å². The van der Waals surface area contributed by atoms with Gasteiger partial charge in [-0.2, -0.15) is 5.10 Å². The number of nitrogens with zero attached hydrogens (tertiary/aromatic N) is 3. The molecule has 0 atom stereocenters. The highest BCUT2D eigenvalue weighted by Crippen LogP contribution is 2.23. The Morgan fingerprint density at radius 2 is 1.90 bits per heavy atom. The molecule has 0 aliphatic carbocycles. The monoisotopic (exact) mass is 420 g/mol. The summed E-state index contributed by atoms with van der Waals surface area (Å²) in [6.45, 7) is 8.40. The molecule has 1 heterocycles. The van der Waals surface area contributed by atoms with Gasteiger partial charge in [-0.15, -0.1) is 0 Å². The second-order valence-electron chi connectivity index (χ2n) is 7.89. The summed E-state index contributed by atoms with van der Waals surface area (Å²) in [4.78, 5) is 26.6. The third kappa shape index (κ3) is 6.78. The molecule has 0 saturated heterocycles. The Balaban J connectivity index is 1.96. The van der Waals surface area contributed by atoms with Crippen LogP contribution in [0, 0.1) is 0 Å². The van der Waals surface area contributed by atoms with E-state index in [-0.39, 0.29) is 30.4 Å². The fraction of sp³-hybridized carbons (Fsp3) is 0.476. The minimum Gasteiger partial charge on any atom is -0.484 e. The van der Waals surface area contributed by atoms with Gasteiger partial charge in [-0.1, -0.05) is 39.3 Å². The van der Waals surface area contributed by atoms with Crippen LogP contribution in [0.3, 0.4) is 0 Å². The van der Waals surface area contributed by atoms with Gasteiger partial charge in [0.2, 0.25) is 5.91 Å². The number of hydrogen-bond acceptors (Lipinski definition) is 4. The lowest BCUT2D eigenvalue weighted by atomic mass is 9.92. The van der Waals surface area contributed by atoms with Gasteiger partial charge < -0.3 is 15.0 Å². The van der Waals surface area contributed by atoms with Crippen molar-refractivity contribution in [3.05, 3.63) is 41.0 Å².